The molecule has 0 fully saturated rings. The molecular weight excluding hydrogens is 263 g/mol. The Morgan fingerprint density at radius 2 is 1.67 bits per heavy atom. The van der Waals surface area contributed by atoms with E-state index in [-0.39, 0.29) is 21.1 Å². The maximum atomic E-state index is 9.55. The van der Waals surface area contributed by atoms with Crippen LogP contribution in [0.4, 0.5) is 0 Å². The zero-order valence-corrected chi connectivity index (χ0v) is 9.97. The molecule has 0 spiro atoms. The molecule has 0 unspecified atom stereocenters. The van der Waals surface area contributed by atoms with Crippen molar-refractivity contribution in [3.8, 4) is 0 Å². The number of thiol groups is 2. The number of hydrogen-bond donors (Lipinski definition) is 3. The molecule has 0 amide bonds. The quantitative estimate of drug-likeness (QED) is 0.379. The molecule has 2 radical (unpaired) electrons. The third-order valence-electron chi connectivity index (χ3n) is 0.221. The van der Waals surface area contributed by atoms with Crippen LogP contribution in [0.25, 0.3) is 0 Å². The molecule has 54 valence electrons. The summed E-state index contributed by atoms with van der Waals surface area (Å²) in [7, 11) is 0. The van der Waals surface area contributed by atoms with Gasteiger partial charge in [0.15, 0.2) is 0 Å². The van der Waals surface area contributed by atoms with Gasteiger partial charge in [0.05, 0.1) is 0 Å². The number of hydrogen-bond acceptors (Lipinski definition) is 3. The first-order valence-electron chi connectivity index (χ1n) is 2.23. The van der Waals surface area contributed by atoms with Crippen LogP contribution in [0.3, 0.4) is 0 Å². The molecule has 0 atom stereocenters. The summed E-state index contributed by atoms with van der Waals surface area (Å²) in [5, 5.41) is 7.84. The van der Waals surface area contributed by atoms with Crippen LogP contribution in [0.2, 0.25) is 9.88 Å². The second-order valence-electron chi connectivity index (χ2n) is 1.21. The van der Waals surface area contributed by atoms with E-state index >= 15 is 0 Å². The molecule has 0 aromatic carbocycles. The van der Waals surface area contributed by atoms with Gasteiger partial charge in [-0.15, -0.1) is 0 Å². The van der Waals surface area contributed by atoms with Gasteiger partial charge in [0.2, 0.25) is 0 Å². The van der Waals surface area contributed by atoms with E-state index in [1.807, 2.05) is 0 Å². The van der Waals surface area contributed by atoms with Gasteiger partial charge in [0.25, 0.3) is 0 Å². The molecule has 0 aromatic rings. The molecule has 0 aromatic heterocycles. The summed E-state index contributed by atoms with van der Waals surface area (Å²) in [4.78, 5) is 14.1. The average Bonchev–Trinajstić information content (AvgIpc) is 1.68. The van der Waals surface area contributed by atoms with Gasteiger partial charge < -0.3 is 5.11 Å². The third kappa shape index (κ3) is 17.6. The second kappa shape index (κ2) is 8.97. The summed E-state index contributed by atoms with van der Waals surface area (Å²) < 4.78 is -0.843. The van der Waals surface area contributed by atoms with Crippen LogP contribution >= 0.6 is 25.3 Å². The molecule has 1 N–H and O–H groups in total. The normalized spacial score (nSPS) is 8.11. The zero-order chi connectivity index (χ0) is 7.86. The van der Waals surface area contributed by atoms with Crippen molar-refractivity contribution in [3.63, 3.8) is 0 Å². The predicted molar refractivity (Wildman–Crippen MR) is 46.9 cm³/mol. The number of carboxylic acids is 1. The van der Waals surface area contributed by atoms with Gasteiger partial charge in [-0.25, -0.2) is 0 Å². The van der Waals surface area contributed by atoms with Crippen molar-refractivity contribution in [2.75, 3.05) is 0 Å². The van der Waals surface area contributed by atoms with Gasteiger partial charge in [0, 0.05) is 0 Å². The predicted octanol–water partition coefficient (Wildman–Crippen LogP) is 1.04. The number of carbonyl (C=O) groups is 1. The van der Waals surface area contributed by atoms with Gasteiger partial charge in [-0.3, -0.25) is 4.79 Å². The summed E-state index contributed by atoms with van der Waals surface area (Å²) in [5.74, 6) is -1.01. The van der Waals surface area contributed by atoms with Crippen molar-refractivity contribution in [3.05, 3.63) is 0 Å². The Hall–Kier alpha value is 0.969. The third-order valence-corrected chi connectivity index (χ3v) is 0.663. The Balaban J connectivity index is 0. The van der Waals surface area contributed by atoms with Crippen LogP contribution in [-0.4, -0.2) is 36.8 Å². The molecule has 0 rings (SSSR count). The van der Waals surface area contributed by atoms with Gasteiger partial charge in [-0.2, -0.15) is 25.3 Å². The summed E-state index contributed by atoms with van der Waals surface area (Å²) in [5.41, 5.74) is 0. The number of carboxylic acid groups (broad SMARTS) is 1. The maximum absolute atomic E-state index is 9.55. The molecule has 5 heteroatoms. The fourth-order valence-electron chi connectivity index (χ4n) is 0. The molecule has 0 heterocycles. The van der Waals surface area contributed by atoms with Gasteiger partial charge >= 0.3 is 37.0 Å². The first-order valence-corrected chi connectivity index (χ1v) is 8.97. The van der Waals surface area contributed by atoms with Crippen LogP contribution < -0.4 is 0 Å². The van der Waals surface area contributed by atoms with E-state index in [0.29, 0.717) is 0 Å². The molecule has 0 aliphatic rings. The van der Waals surface area contributed by atoms with E-state index in [4.69, 9.17) is 5.11 Å². The zero-order valence-electron chi connectivity index (χ0n) is 5.33. The van der Waals surface area contributed by atoms with E-state index in [2.05, 4.69) is 35.1 Å². The molecule has 0 bridgehead atoms. The SMILES string of the molecule is O=C(O)C(S)S.[CH3][Sn][CH3]. The molecule has 2 nitrogen and oxygen atoms in total. The minimum atomic E-state index is -1.01. The summed E-state index contributed by atoms with van der Waals surface area (Å²) >= 11 is 7.15. The average molecular weight is 273 g/mol. The Labute approximate surface area is 76.5 Å². The minimum absolute atomic E-state index is 0.230. The molecule has 9 heavy (non-hydrogen) atoms. The van der Waals surface area contributed by atoms with Crippen molar-refractivity contribution in [2.45, 2.75) is 14.5 Å². The standard InChI is InChI=1S/C2H4O2S2.2CH3.Sn/c3-1(4)2(5)6;;;/h2,5-6H,(H,3,4);2*1H3;. The molecule has 0 saturated heterocycles. The van der Waals surface area contributed by atoms with Crippen molar-refractivity contribution >= 4 is 52.4 Å². The van der Waals surface area contributed by atoms with Gasteiger partial charge in [-0.05, 0) is 0 Å². The Kier molecular flexibility index (Phi) is 12.6. The first kappa shape index (κ1) is 12.6. The first-order chi connectivity index (χ1) is 4.06. The van der Waals surface area contributed by atoms with E-state index in [1.54, 1.807) is 0 Å². The van der Waals surface area contributed by atoms with E-state index in [1.165, 1.54) is 0 Å². The Morgan fingerprint density at radius 3 is 1.67 bits per heavy atom. The molecular formula is C4H10O2S2Sn. The van der Waals surface area contributed by atoms with Crippen molar-refractivity contribution in [2.24, 2.45) is 0 Å². The fourth-order valence-corrected chi connectivity index (χ4v) is 0. The van der Waals surface area contributed by atoms with Crippen LogP contribution in [-0.2, 0) is 4.79 Å². The fraction of sp³-hybridized carbons (Fsp3) is 0.750. The Bertz CT molecular complexity index is 77.0. The topological polar surface area (TPSA) is 37.3 Å². The second-order valence-corrected chi connectivity index (χ2v) is 5.51. The monoisotopic (exact) mass is 274 g/mol. The van der Waals surface area contributed by atoms with E-state index in [0.717, 1.165) is 0 Å². The summed E-state index contributed by atoms with van der Waals surface area (Å²) in [6.45, 7) is 0. The van der Waals surface area contributed by atoms with Crippen LogP contribution in [0.5, 0.6) is 0 Å². The number of aliphatic carboxylic acids is 1. The van der Waals surface area contributed by atoms with Crippen molar-refractivity contribution in [1.82, 2.24) is 0 Å². The van der Waals surface area contributed by atoms with Crippen LogP contribution in [0.15, 0.2) is 0 Å². The molecule has 0 aliphatic carbocycles. The van der Waals surface area contributed by atoms with Crippen LogP contribution in [0, 0.1) is 0 Å². The van der Waals surface area contributed by atoms with E-state index < -0.39 is 10.6 Å². The van der Waals surface area contributed by atoms with Gasteiger partial charge in [-0.1, -0.05) is 0 Å². The molecule has 0 saturated carbocycles. The summed E-state index contributed by atoms with van der Waals surface area (Å²) in [6.07, 6.45) is 0. The van der Waals surface area contributed by atoms with Gasteiger partial charge in [0.1, 0.15) is 4.58 Å². The molecule has 0 aliphatic heterocycles. The van der Waals surface area contributed by atoms with E-state index in [9.17, 15) is 4.79 Å². The Morgan fingerprint density at radius 1 is 1.56 bits per heavy atom. The summed E-state index contributed by atoms with van der Waals surface area (Å²) in [6, 6.07) is 0. The van der Waals surface area contributed by atoms with Crippen LogP contribution in [0.1, 0.15) is 0 Å². The van der Waals surface area contributed by atoms with Crippen molar-refractivity contribution in [1.29, 1.82) is 0 Å². The van der Waals surface area contributed by atoms with Crippen molar-refractivity contribution < 1.29 is 9.90 Å². The number of rotatable bonds is 1.